The maximum absolute atomic E-state index is 5.33. The number of nitrogens with one attached hydrogen (secondary N) is 2. The lowest BCUT2D eigenvalue weighted by molar-refractivity contribution is 1.13. The zero-order valence-corrected chi connectivity index (χ0v) is 13.5. The molecule has 21 heavy (non-hydrogen) atoms. The van der Waals surface area contributed by atoms with Crippen molar-refractivity contribution in [2.75, 3.05) is 29.6 Å². The zero-order chi connectivity index (χ0) is 15.2. The Balaban J connectivity index is 1.94. The number of aryl methyl sites for hydroxylation is 1. The first kappa shape index (κ1) is 15.3. The lowest BCUT2D eigenvalue weighted by atomic mass is 10.1. The van der Waals surface area contributed by atoms with E-state index in [1.165, 1.54) is 5.56 Å². The van der Waals surface area contributed by atoms with Crippen LogP contribution in [0.15, 0.2) is 48.5 Å². The number of benzene rings is 2. The van der Waals surface area contributed by atoms with Crippen LogP contribution in [0.3, 0.4) is 0 Å². The van der Waals surface area contributed by atoms with Crippen molar-refractivity contribution in [1.29, 1.82) is 0 Å². The molecule has 0 spiro atoms. The van der Waals surface area contributed by atoms with Crippen molar-refractivity contribution in [3.05, 3.63) is 54.1 Å². The summed E-state index contributed by atoms with van der Waals surface area (Å²) in [7, 11) is 4.04. The van der Waals surface area contributed by atoms with Gasteiger partial charge >= 0.3 is 0 Å². The molecule has 2 aromatic rings. The van der Waals surface area contributed by atoms with Gasteiger partial charge in [-0.2, -0.15) is 0 Å². The molecule has 0 atom stereocenters. The highest BCUT2D eigenvalue weighted by molar-refractivity contribution is 7.80. The van der Waals surface area contributed by atoms with Gasteiger partial charge in [-0.3, -0.25) is 0 Å². The lowest BCUT2D eigenvalue weighted by Gasteiger charge is -2.14. The Kier molecular flexibility index (Phi) is 5.17. The van der Waals surface area contributed by atoms with E-state index in [4.69, 9.17) is 12.2 Å². The van der Waals surface area contributed by atoms with Gasteiger partial charge in [0.15, 0.2) is 5.11 Å². The van der Waals surface area contributed by atoms with Gasteiger partial charge in [0.05, 0.1) is 0 Å². The fourth-order valence-electron chi connectivity index (χ4n) is 1.96. The molecule has 0 unspecified atom stereocenters. The first-order valence-corrected chi connectivity index (χ1v) is 7.43. The minimum atomic E-state index is 0.594. The van der Waals surface area contributed by atoms with Crippen molar-refractivity contribution in [3.63, 3.8) is 0 Å². The topological polar surface area (TPSA) is 27.3 Å². The van der Waals surface area contributed by atoms with Crippen LogP contribution < -0.4 is 15.5 Å². The van der Waals surface area contributed by atoms with Crippen LogP contribution in [0.2, 0.25) is 0 Å². The average molecular weight is 299 g/mol. The summed E-state index contributed by atoms with van der Waals surface area (Å²) < 4.78 is 0. The van der Waals surface area contributed by atoms with Gasteiger partial charge in [-0.15, -0.1) is 0 Å². The molecule has 0 aliphatic rings. The second-order valence-corrected chi connectivity index (χ2v) is 5.48. The molecule has 2 aromatic carbocycles. The molecular formula is C17H21N3S. The quantitative estimate of drug-likeness (QED) is 0.830. The van der Waals surface area contributed by atoms with Crippen molar-refractivity contribution in [1.82, 2.24) is 0 Å². The molecule has 2 N–H and O–H groups in total. The number of thiocarbonyl (C=S) groups is 1. The van der Waals surface area contributed by atoms with Crippen LogP contribution in [-0.4, -0.2) is 19.2 Å². The molecule has 0 amide bonds. The maximum Gasteiger partial charge on any atom is 0.175 e. The van der Waals surface area contributed by atoms with Crippen LogP contribution in [0.25, 0.3) is 0 Å². The molecule has 0 aliphatic carbocycles. The predicted molar refractivity (Wildman–Crippen MR) is 96.4 cm³/mol. The summed E-state index contributed by atoms with van der Waals surface area (Å²) in [4.78, 5) is 2.07. The highest BCUT2D eigenvalue weighted by atomic mass is 32.1. The number of anilines is 3. The van der Waals surface area contributed by atoms with Crippen LogP contribution in [-0.2, 0) is 6.42 Å². The van der Waals surface area contributed by atoms with Gasteiger partial charge in [0.25, 0.3) is 0 Å². The van der Waals surface area contributed by atoms with E-state index < -0.39 is 0 Å². The first-order valence-electron chi connectivity index (χ1n) is 7.03. The van der Waals surface area contributed by atoms with E-state index in [9.17, 15) is 0 Å². The molecule has 3 nitrogen and oxygen atoms in total. The van der Waals surface area contributed by atoms with Crippen molar-refractivity contribution < 1.29 is 0 Å². The highest BCUT2D eigenvalue weighted by Gasteiger charge is 2.00. The molecule has 0 fully saturated rings. The number of nitrogens with zero attached hydrogens (tertiary/aromatic N) is 1. The van der Waals surface area contributed by atoms with Gasteiger partial charge < -0.3 is 15.5 Å². The van der Waals surface area contributed by atoms with Crippen molar-refractivity contribution in [2.24, 2.45) is 0 Å². The molecule has 4 heteroatoms. The van der Waals surface area contributed by atoms with E-state index in [0.29, 0.717) is 5.11 Å². The second kappa shape index (κ2) is 7.09. The van der Waals surface area contributed by atoms with E-state index >= 15 is 0 Å². The predicted octanol–water partition coefficient (Wildman–Crippen LogP) is 4.12. The smallest absolute Gasteiger partial charge is 0.175 e. The summed E-state index contributed by atoms with van der Waals surface area (Å²) in [6.45, 7) is 2.14. The Morgan fingerprint density at radius 3 is 1.81 bits per heavy atom. The molecular weight excluding hydrogens is 278 g/mol. The highest BCUT2D eigenvalue weighted by Crippen LogP contribution is 2.16. The molecule has 0 bridgehead atoms. The summed E-state index contributed by atoms with van der Waals surface area (Å²) in [5, 5.41) is 6.97. The zero-order valence-electron chi connectivity index (χ0n) is 12.7. The van der Waals surface area contributed by atoms with Crippen molar-refractivity contribution in [2.45, 2.75) is 13.3 Å². The van der Waals surface area contributed by atoms with Crippen LogP contribution >= 0.6 is 12.2 Å². The summed E-state index contributed by atoms with van der Waals surface area (Å²) in [6, 6.07) is 16.5. The lowest BCUT2D eigenvalue weighted by Crippen LogP contribution is -2.19. The van der Waals surface area contributed by atoms with Crippen LogP contribution in [0.5, 0.6) is 0 Å². The first-order chi connectivity index (χ1) is 10.1. The number of rotatable bonds is 4. The fraction of sp³-hybridized carbons (Fsp3) is 0.235. The van der Waals surface area contributed by atoms with E-state index in [1.807, 2.05) is 38.4 Å². The molecule has 110 valence electrons. The minimum Gasteiger partial charge on any atom is -0.378 e. The Hall–Kier alpha value is -2.07. The van der Waals surface area contributed by atoms with Crippen molar-refractivity contribution >= 4 is 34.4 Å². The number of hydrogen-bond donors (Lipinski definition) is 2. The van der Waals surface area contributed by atoms with Crippen LogP contribution in [0.1, 0.15) is 12.5 Å². The van der Waals surface area contributed by atoms with E-state index in [1.54, 1.807) is 0 Å². The molecule has 0 aromatic heterocycles. The average Bonchev–Trinajstić information content (AvgIpc) is 2.48. The van der Waals surface area contributed by atoms with E-state index in [-0.39, 0.29) is 0 Å². The monoisotopic (exact) mass is 299 g/mol. The van der Waals surface area contributed by atoms with Crippen LogP contribution in [0.4, 0.5) is 17.1 Å². The third kappa shape index (κ3) is 4.46. The standard InChI is InChI=1S/C17H21N3S/c1-4-13-5-7-14(8-6-13)18-17(21)19-15-9-11-16(12-10-15)20(2)3/h5-12H,4H2,1-3H3,(H2,18,19,21). The molecule has 2 rings (SSSR count). The maximum atomic E-state index is 5.33. The van der Waals surface area contributed by atoms with Gasteiger partial charge in [-0.25, -0.2) is 0 Å². The Morgan fingerprint density at radius 2 is 1.38 bits per heavy atom. The SMILES string of the molecule is CCc1ccc(NC(=S)Nc2ccc(N(C)C)cc2)cc1. The Morgan fingerprint density at radius 1 is 0.905 bits per heavy atom. The summed E-state index contributed by atoms with van der Waals surface area (Å²) >= 11 is 5.33. The van der Waals surface area contributed by atoms with Gasteiger partial charge in [-0.1, -0.05) is 19.1 Å². The summed E-state index contributed by atoms with van der Waals surface area (Å²) in [5.74, 6) is 0. The fourth-order valence-corrected chi connectivity index (χ4v) is 2.20. The molecule has 0 radical (unpaired) electrons. The van der Waals surface area contributed by atoms with Crippen molar-refractivity contribution in [3.8, 4) is 0 Å². The second-order valence-electron chi connectivity index (χ2n) is 5.07. The van der Waals surface area contributed by atoms with E-state index in [2.05, 4.69) is 46.7 Å². The normalized spacial score (nSPS) is 10.0. The summed E-state index contributed by atoms with van der Waals surface area (Å²) in [6.07, 6.45) is 1.04. The molecule has 0 heterocycles. The third-order valence-corrected chi connectivity index (χ3v) is 3.47. The van der Waals surface area contributed by atoms with Gasteiger partial charge in [-0.05, 0) is 60.6 Å². The van der Waals surface area contributed by atoms with Gasteiger partial charge in [0.2, 0.25) is 0 Å². The third-order valence-electron chi connectivity index (χ3n) is 3.26. The van der Waals surface area contributed by atoms with E-state index in [0.717, 1.165) is 23.5 Å². The minimum absolute atomic E-state index is 0.594. The Bertz CT molecular complexity index is 588. The van der Waals surface area contributed by atoms with Crippen LogP contribution in [0, 0.1) is 0 Å². The summed E-state index contributed by atoms with van der Waals surface area (Å²) in [5.41, 5.74) is 4.45. The largest absolute Gasteiger partial charge is 0.378 e. The molecule has 0 saturated carbocycles. The Labute approximate surface area is 132 Å². The molecule has 0 aliphatic heterocycles. The molecule has 0 saturated heterocycles. The van der Waals surface area contributed by atoms with Gasteiger partial charge in [0, 0.05) is 31.2 Å². The number of hydrogen-bond acceptors (Lipinski definition) is 2. The van der Waals surface area contributed by atoms with Gasteiger partial charge in [0.1, 0.15) is 0 Å².